The lowest BCUT2D eigenvalue weighted by Crippen LogP contribution is -2.17. The molecule has 0 atom stereocenters. The second kappa shape index (κ2) is 10.3. The Morgan fingerprint density at radius 1 is 0.848 bits per heavy atom. The molecular formula is C27H27F3O3. The minimum absolute atomic E-state index is 0.0248. The molecule has 1 fully saturated rings. The van der Waals surface area contributed by atoms with Gasteiger partial charge < -0.3 is 14.6 Å². The van der Waals surface area contributed by atoms with Gasteiger partial charge in [0.05, 0.1) is 7.11 Å². The van der Waals surface area contributed by atoms with E-state index in [0.717, 1.165) is 25.7 Å². The predicted molar refractivity (Wildman–Crippen MR) is 121 cm³/mol. The van der Waals surface area contributed by atoms with E-state index < -0.39 is 17.5 Å². The largest absolute Gasteiger partial charge is 0.497 e. The summed E-state index contributed by atoms with van der Waals surface area (Å²) in [7, 11) is 1.48. The Morgan fingerprint density at radius 3 is 2.18 bits per heavy atom. The summed E-state index contributed by atoms with van der Waals surface area (Å²) in [5.41, 5.74) is 1.64. The van der Waals surface area contributed by atoms with Crippen LogP contribution >= 0.6 is 0 Å². The molecule has 1 saturated carbocycles. The first kappa shape index (κ1) is 23.2. The zero-order chi connectivity index (χ0) is 23.4. The molecule has 3 aromatic carbocycles. The van der Waals surface area contributed by atoms with Gasteiger partial charge in [-0.2, -0.15) is 0 Å². The van der Waals surface area contributed by atoms with Crippen LogP contribution in [0.2, 0.25) is 0 Å². The molecule has 1 N–H and O–H groups in total. The van der Waals surface area contributed by atoms with E-state index in [1.165, 1.54) is 13.2 Å². The molecule has 0 aromatic heterocycles. The Bertz CT molecular complexity index is 1090. The number of aliphatic hydroxyl groups excluding tert-OH is 1. The summed E-state index contributed by atoms with van der Waals surface area (Å²) in [6, 6.07) is 14.6. The molecule has 3 nitrogen and oxygen atoms in total. The highest BCUT2D eigenvalue weighted by Gasteiger charge is 2.26. The van der Waals surface area contributed by atoms with Crippen LogP contribution in [0, 0.1) is 23.4 Å². The van der Waals surface area contributed by atoms with Gasteiger partial charge in [-0.15, -0.1) is 0 Å². The van der Waals surface area contributed by atoms with Gasteiger partial charge in [0.2, 0.25) is 0 Å². The molecule has 1 aliphatic rings. The Hall–Kier alpha value is -2.99. The van der Waals surface area contributed by atoms with Gasteiger partial charge in [-0.05, 0) is 72.9 Å². The summed E-state index contributed by atoms with van der Waals surface area (Å²) in [5.74, 6) is -0.945. The molecule has 6 heteroatoms. The molecule has 0 saturated heterocycles. The number of methoxy groups -OCH3 is 1. The molecule has 0 aliphatic heterocycles. The lowest BCUT2D eigenvalue weighted by molar-refractivity contribution is 0.181. The molecule has 33 heavy (non-hydrogen) atoms. The van der Waals surface area contributed by atoms with E-state index in [2.05, 4.69) is 0 Å². The van der Waals surface area contributed by atoms with Gasteiger partial charge in [-0.25, -0.2) is 13.2 Å². The van der Waals surface area contributed by atoms with Crippen molar-refractivity contribution in [1.82, 2.24) is 0 Å². The third-order valence-corrected chi connectivity index (χ3v) is 6.47. The van der Waals surface area contributed by atoms with Crippen LogP contribution in [0.3, 0.4) is 0 Å². The molecule has 1 aliphatic carbocycles. The van der Waals surface area contributed by atoms with Crippen LogP contribution in [-0.4, -0.2) is 18.8 Å². The van der Waals surface area contributed by atoms with Crippen molar-refractivity contribution in [3.63, 3.8) is 0 Å². The van der Waals surface area contributed by atoms with Crippen LogP contribution in [0.15, 0.2) is 54.6 Å². The number of hydrogen-bond donors (Lipinski definition) is 1. The van der Waals surface area contributed by atoms with Crippen LogP contribution in [-0.2, 0) is 6.61 Å². The van der Waals surface area contributed by atoms with E-state index in [9.17, 15) is 18.3 Å². The van der Waals surface area contributed by atoms with Gasteiger partial charge in [0, 0.05) is 23.8 Å². The topological polar surface area (TPSA) is 38.7 Å². The van der Waals surface area contributed by atoms with Crippen molar-refractivity contribution in [3.05, 3.63) is 83.2 Å². The summed E-state index contributed by atoms with van der Waals surface area (Å²) in [6.07, 6.45) is 3.14. The lowest BCUT2D eigenvalue weighted by atomic mass is 9.78. The first-order valence-corrected chi connectivity index (χ1v) is 11.1. The second-order valence-corrected chi connectivity index (χ2v) is 8.50. The number of rotatable bonds is 7. The smallest absolute Gasteiger partial charge is 0.165 e. The van der Waals surface area contributed by atoms with Crippen LogP contribution in [0.4, 0.5) is 13.2 Å². The molecule has 0 heterocycles. The van der Waals surface area contributed by atoms with E-state index in [1.54, 1.807) is 48.5 Å². The van der Waals surface area contributed by atoms with Gasteiger partial charge in [0.25, 0.3) is 0 Å². The van der Waals surface area contributed by atoms with Crippen molar-refractivity contribution >= 4 is 0 Å². The average molecular weight is 457 g/mol. The highest BCUT2D eigenvalue weighted by Crippen LogP contribution is 2.37. The Labute approximate surface area is 191 Å². The summed E-state index contributed by atoms with van der Waals surface area (Å²) in [6.45, 7) is 0.0341. The first-order valence-electron chi connectivity index (χ1n) is 11.1. The van der Waals surface area contributed by atoms with Gasteiger partial charge >= 0.3 is 0 Å². The molecule has 0 radical (unpaired) electrons. The number of hydrogen-bond acceptors (Lipinski definition) is 3. The number of ether oxygens (including phenoxy) is 2. The SMILES string of the molecule is COc1ccc(-c2ccc(OCc3ccc(C4CCC(CO)CC4)c(F)c3F)cc2)c(F)c1. The van der Waals surface area contributed by atoms with Gasteiger partial charge in [-0.1, -0.05) is 24.3 Å². The predicted octanol–water partition coefficient (Wildman–Crippen LogP) is 6.62. The fourth-order valence-electron chi connectivity index (χ4n) is 4.44. The van der Waals surface area contributed by atoms with Crippen molar-refractivity contribution in [3.8, 4) is 22.6 Å². The van der Waals surface area contributed by atoms with E-state index in [4.69, 9.17) is 9.47 Å². The fraction of sp³-hybridized carbons (Fsp3) is 0.333. The van der Waals surface area contributed by atoms with Crippen molar-refractivity contribution in [1.29, 1.82) is 0 Å². The molecular weight excluding hydrogens is 429 g/mol. The average Bonchev–Trinajstić information content (AvgIpc) is 2.85. The number of halogens is 3. The second-order valence-electron chi connectivity index (χ2n) is 8.50. The van der Waals surface area contributed by atoms with E-state index in [1.807, 2.05) is 0 Å². The van der Waals surface area contributed by atoms with Crippen LogP contribution in [0.25, 0.3) is 11.1 Å². The van der Waals surface area contributed by atoms with Crippen molar-refractivity contribution in [2.24, 2.45) is 5.92 Å². The van der Waals surface area contributed by atoms with Gasteiger partial charge in [0.1, 0.15) is 23.9 Å². The molecule has 0 spiro atoms. The first-order chi connectivity index (χ1) is 16.0. The summed E-state index contributed by atoms with van der Waals surface area (Å²) < 4.78 is 54.4. The minimum Gasteiger partial charge on any atom is -0.497 e. The summed E-state index contributed by atoms with van der Waals surface area (Å²) >= 11 is 0. The molecule has 3 aromatic rings. The zero-order valence-electron chi connectivity index (χ0n) is 18.5. The molecule has 0 amide bonds. The molecule has 174 valence electrons. The number of benzene rings is 3. The van der Waals surface area contributed by atoms with E-state index >= 15 is 0 Å². The Morgan fingerprint density at radius 2 is 1.55 bits per heavy atom. The fourth-order valence-corrected chi connectivity index (χ4v) is 4.44. The highest BCUT2D eigenvalue weighted by atomic mass is 19.2. The summed E-state index contributed by atoms with van der Waals surface area (Å²) in [4.78, 5) is 0. The molecule has 0 unspecified atom stereocenters. The Balaban J connectivity index is 1.41. The van der Waals surface area contributed by atoms with Crippen LogP contribution in [0.5, 0.6) is 11.5 Å². The monoisotopic (exact) mass is 456 g/mol. The minimum atomic E-state index is -0.881. The molecule has 0 bridgehead atoms. The van der Waals surface area contributed by atoms with E-state index in [-0.39, 0.29) is 30.6 Å². The van der Waals surface area contributed by atoms with Crippen molar-refractivity contribution in [2.45, 2.75) is 38.2 Å². The maximum Gasteiger partial charge on any atom is 0.165 e. The lowest BCUT2D eigenvalue weighted by Gasteiger charge is -2.28. The third kappa shape index (κ3) is 5.17. The third-order valence-electron chi connectivity index (χ3n) is 6.47. The highest BCUT2D eigenvalue weighted by molar-refractivity contribution is 5.65. The maximum absolute atomic E-state index is 14.8. The summed E-state index contributed by atoms with van der Waals surface area (Å²) in [5, 5.41) is 9.27. The van der Waals surface area contributed by atoms with Gasteiger partial charge in [-0.3, -0.25) is 0 Å². The quantitative estimate of drug-likeness (QED) is 0.434. The van der Waals surface area contributed by atoms with Crippen molar-refractivity contribution in [2.75, 3.05) is 13.7 Å². The normalized spacial score (nSPS) is 18.2. The van der Waals surface area contributed by atoms with E-state index in [0.29, 0.717) is 28.2 Å². The van der Waals surface area contributed by atoms with Crippen LogP contribution in [0.1, 0.15) is 42.7 Å². The molecule has 4 rings (SSSR count). The van der Waals surface area contributed by atoms with Crippen LogP contribution < -0.4 is 9.47 Å². The van der Waals surface area contributed by atoms with Crippen molar-refractivity contribution < 1.29 is 27.8 Å². The Kier molecular flexibility index (Phi) is 7.23. The standard InChI is InChI=1S/C27H27F3O3/c1-32-22-11-13-23(25(28)14-22)18-6-9-21(10-7-18)33-16-20-8-12-24(27(30)26(20)29)19-4-2-17(15-31)3-5-19/h6-14,17,19,31H,2-5,15-16H2,1H3. The zero-order valence-corrected chi connectivity index (χ0v) is 18.5. The maximum atomic E-state index is 14.8. The number of aliphatic hydroxyl groups is 1. The van der Waals surface area contributed by atoms with Gasteiger partial charge in [0.15, 0.2) is 11.6 Å².